The normalized spacial score (nSPS) is 19.2. The molecule has 0 amide bonds. The Bertz CT molecular complexity index is 817. The molecule has 1 aliphatic heterocycles. The van der Waals surface area contributed by atoms with E-state index in [0.717, 1.165) is 30.1 Å². The van der Waals surface area contributed by atoms with Gasteiger partial charge in [0.2, 0.25) is 0 Å². The average molecular weight is 350 g/mol. The van der Waals surface area contributed by atoms with Crippen molar-refractivity contribution in [3.05, 3.63) is 30.5 Å². The highest BCUT2D eigenvalue weighted by atomic mass is 32.2. The molecule has 8 nitrogen and oxygen atoms in total. The summed E-state index contributed by atoms with van der Waals surface area (Å²) in [5.41, 5.74) is 1.69. The standard InChI is InChI=1S/C15H22N6O2S/c1-19(2)24(22,23)21-6-4-12(10-21)8-13-9-14(18-11-17-13)15-16-5-7-20(15)3/h5,7,9,11-12H,4,6,8,10H2,1-3H3. The minimum absolute atomic E-state index is 0.267. The Morgan fingerprint density at radius 3 is 2.75 bits per heavy atom. The quantitative estimate of drug-likeness (QED) is 0.786. The lowest BCUT2D eigenvalue weighted by atomic mass is 10.0. The number of aromatic nitrogens is 4. The van der Waals surface area contributed by atoms with Crippen LogP contribution in [0.25, 0.3) is 11.5 Å². The predicted octanol–water partition coefficient (Wildman–Crippen LogP) is 0.548. The molecule has 0 N–H and O–H groups in total. The van der Waals surface area contributed by atoms with Gasteiger partial charge >= 0.3 is 0 Å². The third-order valence-corrected chi connectivity index (χ3v) is 6.22. The Balaban J connectivity index is 1.71. The number of aryl methyl sites for hydroxylation is 1. The van der Waals surface area contributed by atoms with E-state index in [1.54, 1.807) is 30.9 Å². The fourth-order valence-corrected chi connectivity index (χ4v) is 4.14. The van der Waals surface area contributed by atoms with Gasteiger partial charge in [0, 0.05) is 52.3 Å². The summed E-state index contributed by atoms with van der Waals surface area (Å²) in [5.74, 6) is 1.06. The average Bonchev–Trinajstić information content (AvgIpc) is 3.16. The van der Waals surface area contributed by atoms with Crippen molar-refractivity contribution >= 4 is 10.2 Å². The van der Waals surface area contributed by atoms with E-state index in [2.05, 4.69) is 15.0 Å². The van der Waals surface area contributed by atoms with E-state index >= 15 is 0 Å². The molecule has 0 bridgehead atoms. The predicted molar refractivity (Wildman–Crippen MR) is 90.2 cm³/mol. The van der Waals surface area contributed by atoms with Crippen LogP contribution in [0.1, 0.15) is 12.1 Å². The summed E-state index contributed by atoms with van der Waals surface area (Å²) in [6.07, 6.45) is 6.73. The van der Waals surface area contributed by atoms with Crippen LogP contribution in [-0.2, 0) is 23.7 Å². The highest BCUT2D eigenvalue weighted by Gasteiger charge is 2.32. The molecule has 3 rings (SSSR count). The maximum absolute atomic E-state index is 12.2. The first-order chi connectivity index (χ1) is 11.4. The largest absolute Gasteiger partial charge is 0.333 e. The van der Waals surface area contributed by atoms with Crippen molar-refractivity contribution in [1.82, 2.24) is 28.1 Å². The van der Waals surface area contributed by atoms with Gasteiger partial charge in [-0.3, -0.25) is 0 Å². The third-order valence-electron chi connectivity index (χ3n) is 4.31. The van der Waals surface area contributed by atoms with E-state index in [9.17, 15) is 8.42 Å². The summed E-state index contributed by atoms with van der Waals surface area (Å²) in [5, 5.41) is 0. The SMILES string of the molecule is CN(C)S(=O)(=O)N1CCC(Cc2cc(-c3nccn3C)ncn2)C1. The molecule has 0 aliphatic carbocycles. The second kappa shape index (κ2) is 6.58. The molecular weight excluding hydrogens is 328 g/mol. The van der Waals surface area contributed by atoms with Gasteiger partial charge in [0.1, 0.15) is 12.0 Å². The molecule has 0 saturated carbocycles. The van der Waals surface area contributed by atoms with Gasteiger partial charge in [0.25, 0.3) is 10.2 Å². The zero-order valence-electron chi connectivity index (χ0n) is 14.1. The van der Waals surface area contributed by atoms with Crippen molar-refractivity contribution in [1.29, 1.82) is 0 Å². The summed E-state index contributed by atoms with van der Waals surface area (Å²) in [7, 11) is 1.71. The number of nitrogens with zero attached hydrogens (tertiary/aromatic N) is 6. The maximum Gasteiger partial charge on any atom is 0.281 e. The van der Waals surface area contributed by atoms with Gasteiger partial charge in [-0.1, -0.05) is 0 Å². The second-order valence-electron chi connectivity index (χ2n) is 6.26. The molecule has 24 heavy (non-hydrogen) atoms. The first kappa shape index (κ1) is 17.0. The first-order valence-corrected chi connectivity index (χ1v) is 9.24. The fraction of sp³-hybridized carbons (Fsp3) is 0.533. The molecule has 1 fully saturated rings. The minimum Gasteiger partial charge on any atom is -0.333 e. The van der Waals surface area contributed by atoms with E-state index in [1.807, 2.05) is 23.9 Å². The molecule has 2 aromatic rings. The van der Waals surface area contributed by atoms with Crippen LogP contribution in [0.2, 0.25) is 0 Å². The summed E-state index contributed by atoms with van der Waals surface area (Å²) in [4.78, 5) is 12.9. The molecule has 0 aromatic carbocycles. The minimum atomic E-state index is -3.33. The van der Waals surface area contributed by atoms with Gasteiger partial charge in [-0.15, -0.1) is 0 Å². The smallest absolute Gasteiger partial charge is 0.281 e. The summed E-state index contributed by atoms with van der Waals surface area (Å²) in [6, 6.07) is 1.94. The highest BCUT2D eigenvalue weighted by Crippen LogP contribution is 2.24. The van der Waals surface area contributed by atoms with Crippen LogP contribution in [-0.4, -0.2) is 63.7 Å². The van der Waals surface area contributed by atoms with Crippen LogP contribution in [0.5, 0.6) is 0 Å². The molecule has 3 heterocycles. The molecule has 1 aliphatic rings. The van der Waals surface area contributed by atoms with Gasteiger partial charge in [-0.25, -0.2) is 15.0 Å². The Labute approximate surface area is 142 Å². The molecule has 1 atom stereocenters. The highest BCUT2D eigenvalue weighted by molar-refractivity contribution is 7.86. The van der Waals surface area contributed by atoms with Gasteiger partial charge < -0.3 is 4.57 Å². The van der Waals surface area contributed by atoms with Crippen LogP contribution in [0.3, 0.4) is 0 Å². The van der Waals surface area contributed by atoms with E-state index in [4.69, 9.17) is 0 Å². The first-order valence-electron chi connectivity index (χ1n) is 7.84. The number of rotatable bonds is 5. The maximum atomic E-state index is 12.2. The van der Waals surface area contributed by atoms with Crippen molar-refractivity contribution in [2.24, 2.45) is 13.0 Å². The lowest BCUT2D eigenvalue weighted by Gasteiger charge is -2.20. The van der Waals surface area contributed by atoms with E-state index in [-0.39, 0.29) is 5.92 Å². The molecular formula is C15H22N6O2S. The topological polar surface area (TPSA) is 84.2 Å². The van der Waals surface area contributed by atoms with Crippen LogP contribution < -0.4 is 0 Å². The molecule has 9 heteroatoms. The molecule has 1 saturated heterocycles. The van der Waals surface area contributed by atoms with Crippen molar-refractivity contribution in [2.75, 3.05) is 27.2 Å². The summed E-state index contributed by atoms with van der Waals surface area (Å²) >= 11 is 0. The number of hydrogen-bond acceptors (Lipinski definition) is 5. The molecule has 0 radical (unpaired) electrons. The third kappa shape index (κ3) is 3.33. The lowest BCUT2D eigenvalue weighted by Crippen LogP contribution is -2.38. The molecule has 2 aromatic heterocycles. The van der Waals surface area contributed by atoms with Crippen molar-refractivity contribution in [2.45, 2.75) is 12.8 Å². The Hall–Kier alpha value is -1.84. The zero-order valence-corrected chi connectivity index (χ0v) is 14.9. The summed E-state index contributed by atoms with van der Waals surface area (Å²) < 4.78 is 29.1. The number of hydrogen-bond donors (Lipinski definition) is 0. The Morgan fingerprint density at radius 2 is 2.08 bits per heavy atom. The number of imidazole rings is 1. The van der Waals surface area contributed by atoms with Crippen LogP contribution in [0.15, 0.2) is 24.8 Å². The van der Waals surface area contributed by atoms with Crippen LogP contribution >= 0.6 is 0 Å². The van der Waals surface area contributed by atoms with Gasteiger partial charge in [0.15, 0.2) is 5.82 Å². The molecule has 1 unspecified atom stereocenters. The van der Waals surface area contributed by atoms with E-state index < -0.39 is 10.2 Å². The Kier molecular flexibility index (Phi) is 4.66. The van der Waals surface area contributed by atoms with Crippen LogP contribution in [0.4, 0.5) is 0 Å². The van der Waals surface area contributed by atoms with Crippen LogP contribution in [0, 0.1) is 5.92 Å². The lowest BCUT2D eigenvalue weighted by molar-refractivity contribution is 0.409. The van der Waals surface area contributed by atoms with E-state index in [1.165, 1.54) is 4.31 Å². The second-order valence-corrected chi connectivity index (χ2v) is 8.41. The van der Waals surface area contributed by atoms with Crippen molar-refractivity contribution in [3.8, 4) is 11.5 Å². The molecule has 130 valence electrons. The molecule has 0 spiro atoms. The summed E-state index contributed by atoms with van der Waals surface area (Å²) in [6.45, 7) is 1.09. The van der Waals surface area contributed by atoms with Crippen molar-refractivity contribution in [3.63, 3.8) is 0 Å². The fourth-order valence-electron chi connectivity index (χ4n) is 2.94. The van der Waals surface area contributed by atoms with Gasteiger partial charge in [-0.2, -0.15) is 17.0 Å². The van der Waals surface area contributed by atoms with Gasteiger partial charge in [0.05, 0.1) is 0 Å². The van der Waals surface area contributed by atoms with E-state index in [0.29, 0.717) is 13.1 Å². The van der Waals surface area contributed by atoms with Gasteiger partial charge in [-0.05, 0) is 24.8 Å². The zero-order chi connectivity index (χ0) is 17.3. The Morgan fingerprint density at radius 1 is 1.29 bits per heavy atom. The monoisotopic (exact) mass is 350 g/mol. The van der Waals surface area contributed by atoms with Crippen molar-refractivity contribution < 1.29 is 8.42 Å².